The van der Waals surface area contributed by atoms with Crippen molar-refractivity contribution >= 4 is 119 Å². The first-order valence-electron chi connectivity index (χ1n) is 54.9. The van der Waals surface area contributed by atoms with Crippen LogP contribution >= 0.6 is 0 Å². The predicted octanol–water partition coefficient (Wildman–Crippen LogP) is 14.0. The number of carbonyl (C=O) groups excluding carboxylic acids is 13. The van der Waals surface area contributed by atoms with Crippen LogP contribution in [0.2, 0.25) is 0 Å². The zero-order valence-corrected chi connectivity index (χ0v) is 89.2. The van der Waals surface area contributed by atoms with Crippen molar-refractivity contribution in [2.75, 3.05) is 19.6 Å². The number of hydrogen-bond donors (Lipinski definition) is 5. The summed E-state index contributed by atoms with van der Waals surface area (Å²) < 4.78 is 80.5. The van der Waals surface area contributed by atoms with Crippen LogP contribution in [0.25, 0.3) is 22.1 Å². The zero-order valence-electron chi connectivity index (χ0n) is 87.5. The normalized spacial score (nSPS) is 31.6. The fourth-order valence-corrected chi connectivity index (χ4v) is 27.1. The lowest BCUT2D eigenvalue weighted by molar-refractivity contribution is -0.155. The standard InChI is InChI=1S/C42H55N5O8S.C40H51N5O8S.C30H48N2O5/c1-41(21-22-41)56(52,53)46-40(51)42-25-29(42)16-8-4-2-3-6-14-28-23-36(48)55-35-20-12-15-27(35)13-7-5-9-19-33-38(44-32-18-11-10-17-31(32)43-33)54-30-24-34(37(49)45-42)47(26-30)39(28)50;1-39(18-19-39)54(50,51)44-38(49)40-23-27(40)14-8-4-2-3-6-13-26-21-34(46)53-33-20-25(33)12-7-5-9-17-31-36(42-30-16-11-10-15-29(30)41-31)52-28-22-32(35(47)43-40)45(24-28)37(26)48;1-28(2,3)15-19(33)14-20(29(4,5)6)27(37)32-16-21-23(30(21,7)8)24(32)22(34)13-18(25(35)26(31)36)12-17-10-9-11-17/h8,10-11,16-18,27-30,34-35H,2-7,9,12-15,19-26H2,1H3,(H,45,49)(H,46,51);8,10-11,14-16,25-28,32-33H,2-7,9,12-13,17-24H2,1H3,(H,43,47)(H,44,49);17-18,20-21,23-24H,9-16H2,1-8H3,(H2,31,36)/b16-8-;14-8-;/t27-,28-,29-,30-,34+,35-,42-;25-,26-,27-,28-,32+,33-,40-;18-,20+,21-,23-,24+/m110/s1. The molecule has 11 fully saturated rings. The molecule has 4 aromatic rings. The topological polar surface area (TPSA) is 463 Å². The number of carbonyl (C=O) groups is 13. The van der Waals surface area contributed by atoms with E-state index in [1.807, 2.05) is 114 Å². The van der Waals surface area contributed by atoms with Crippen LogP contribution in [-0.2, 0) is 105 Å². The maximum Gasteiger partial charge on any atom is 0.306 e. The monoisotopic (exact) mass is 2070 g/mol. The molecular formula is C112H154N12O21S2. The van der Waals surface area contributed by atoms with E-state index in [4.69, 9.17) is 44.6 Å². The first-order chi connectivity index (χ1) is 69.7. The van der Waals surface area contributed by atoms with E-state index in [0.29, 0.717) is 111 Å². The third-order valence-electron chi connectivity index (χ3n) is 35.0. The molecule has 19 rings (SSSR count). The summed E-state index contributed by atoms with van der Waals surface area (Å²) in [5, 5.41) is 5.89. The molecule has 6 N–H and O–H groups in total. The molecule has 800 valence electrons. The van der Waals surface area contributed by atoms with Gasteiger partial charge < -0.3 is 50.0 Å². The molecule has 8 aliphatic carbocycles. The summed E-state index contributed by atoms with van der Waals surface area (Å²) in [4.78, 5) is 203. The minimum Gasteiger partial charge on any atom is -0.471 e. The highest BCUT2D eigenvalue weighted by Crippen LogP contribution is 2.66. The number of nitrogens with two attached hydrogens (primary N) is 1. The maximum absolute atomic E-state index is 14.7. The van der Waals surface area contributed by atoms with Crippen LogP contribution in [0.4, 0.5) is 0 Å². The Balaban J connectivity index is 0.000000154. The van der Waals surface area contributed by atoms with Gasteiger partial charge in [0.15, 0.2) is 5.78 Å². The number of Topliss-reactive ketones (excluding diaryl/α,β-unsaturated/α-hetero) is 3. The number of hydrogen-bond acceptors (Lipinski definition) is 25. The molecule has 15 aliphatic rings. The van der Waals surface area contributed by atoms with Crippen LogP contribution in [-0.4, -0.2) is 211 Å². The number of ketones is 3. The smallest absolute Gasteiger partial charge is 0.306 e. The fraction of sp³-hybridized carbons (Fsp3) is 0.705. The third kappa shape index (κ3) is 24.9. The number of allylic oxidation sites excluding steroid dienone is 2. The molecule has 0 spiro atoms. The molecule has 2 aromatic carbocycles. The summed E-state index contributed by atoms with van der Waals surface area (Å²) >= 11 is 0. The number of para-hydroxylation sites is 4. The van der Waals surface area contributed by atoms with Crippen LogP contribution in [0.3, 0.4) is 0 Å². The number of amides is 8. The number of primary amides is 1. The lowest BCUT2D eigenvalue weighted by Crippen LogP contribution is -2.57. The number of fused-ring (bicyclic) bond motifs is 13. The van der Waals surface area contributed by atoms with Crippen LogP contribution in [0.1, 0.15) is 331 Å². The molecule has 35 heteroatoms. The van der Waals surface area contributed by atoms with Gasteiger partial charge in [-0.15, -0.1) is 0 Å². The number of ether oxygens (including phenoxy) is 4. The van der Waals surface area contributed by atoms with Crippen LogP contribution in [0.15, 0.2) is 72.8 Å². The molecule has 0 radical (unpaired) electrons. The van der Waals surface area contributed by atoms with E-state index in [1.54, 1.807) is 18.7 Å². The van der Waals surface area contributed by atoms with Crippen LogP contribution in [0, 0.1) is 81.3 Å². The van der Waals surface area contributed by atoms with Crippen LogP contribution in [0.5, 0.6) is 11.8 Å². The van der Waals surface area contributed by atoms with Crippen molar-refractivity contribution in [3.05, 3.63) is 84.2 Å². The lowest BCUT2D eigenvalue weighted by atomic mass is 9.74. The average Bonchev–Trinajstić information content (AvgIpc) is 1.52. The number of nitrogens with zero attached hydrogens (tertiary/aromatic N) is 7. The maximum atomic E-state index is 14.7. The molecule has 147 heavy (non-hydrogen) atoms. The second kappa shape index (κ2) is 43.6. The van der Waals surface area contributed by atoms with Crippen molar-refractivity contribution in [2.24, 2.45) is 87.1 Å². The van der Waals surface area contributed by atoms with Crippen molar-refractivity contribution in [3.63, 3.8) is 0 Å². The molecule has 0 unspecified atom stereocenters. The molecule has 3 saturated heterocycles. The van der Waals surface area contributed by atoms with Gasteiger partial charge in [0, 0.05) is 74.2 Å². The Kier molecular flexibility index (Phi) is 32.1. The van der Waals surface area contributed by atoms with Gasteiger partial charge in [-0.25, -0.2) is 36.8 Å². The van der Waals surface area contributed by atoms with Crippen molar-refractivity contribution < 1.29 is 98.1 Å². The number of esters is 2. The van der Waals surface area contributed by atoms with Gasteiger partial charge in [0.25, 0.3) is 17.7 Å². The van der Waals surface area contributed by atoms with Gasteiger partial charge >= 0.3 is 11.9 Å². The Labute approximate surface area is 864 Å². The van der Waals surface area contributed by atoms with Gasteiger partial charge in [0.1, 0.15) is 64.7 Å². The number of benzene rings is 2. The minimum atomic E-state index is -3.97. The van der Waals surface area contributed by atoms with E-state index >= 15 is 0 Å². The Morgan fingerprint density at radius 1 is 0.517 bits per heavy atom. The van der Waals surface area contributed by atoms with Gasteiger partial charge in [0.2, 0.25) is 67.1 Å². The number of rotatable bonds is 17. The molecule has 7 aliphatic heterocycles. The highest BCUT2D eigenvalue weighted by atomic mass is 32.2. The van der Waals surface area contributed by atoms with E-state index in [-0.39, 0.29) is 135 Å². The summed E-state index contributed by atoms with van der Waals surface area (Å²) in [7, 11) is -7.93. The summed E-state index contributed by atoms with van der Waals surface area (Å²) in [6.45, 7) is 20.0. The van der Waals surface area contributed by atoms with Gasteiger partial charge in [-0.2, -0.15) is 0 Å². The number of nitrogens with one attached hydrogen (secondary N) is 4. The lowest BCUT2D eigenvalue weighted by Gasteiger charge is -2.38. The van der Waals surface area contributed by atoms with E-state index in [2.05, 4.69) is 33.9 Å². The molecule has 9 heterocycles. The number of sulfonamides is 2. The third-order valence-corrected chi connectivity index (χ3v) is 39.3. The predicted molar refractivity (Wildman–Crippen MR) is 548 cm³/mol. The van der Waals surface area contributed by atoms with E-state index < -0.39 is 153 Å². The Bertz CT molecular complexity index is 6020. The summed E-state index contributed by atoms with van der Waals surface area (Å²) in [5.74, 6) is -7.52. The second-order valence-corrected chi connectivity index (χ2v) is 53.4. The molecule has 6 bridgehead atoms. The Hall–Kier alpha value is -10.2. The van der Waals surface area contributed by atoms with Crippen molar-refractivity contribution in [3.8, 4) is 11.8 Å². The molecule has 19 atom stereocenters. The van der Waals surface area contributed by atoms with Gasteiger partial charge in [-0.05, 0) is 232 Å². The average molecular weight is 2070 g/mol. The number of aromatic nitrogens is 4. The first-order valence-corrected chi connectivity index (χ1v) is 57.8. The summed E-state index contributed by atoms with van der Waals surface area (Å²) in [5.41, 5.74) is 6.02. The Morgan fingerprint density at radius 2 is 0.966 bits per heavy atom. The van der Waals surface area contributed by atoms with Crippen molar-refractivity contribution in [2.45, 2.75) is 396 Å². The second-order valence-electron chi connectivity index (χ2n) is 49.0. The van der Waals surface area contributed by atoms with E-state index in [9.17, 15) is 79.2 Å². The highest BCUT2D eigenvalue weighted by molar-refractivity contribution is 7.92. The zero-order chi connectivity index (χ0) is 105. The van der Waals surface area contributed by atoms with E-state index in [1.165, 1.54) is 9.80 Å². The van der Waals surface area contributed by atoms with Crippen LogP contribution < -0.4 is 35.3 Å². The van der Waals surface area contributed by atoms with Gasteiger partial charge in [-0.1, -0.05) is 175 Å². The molecule has 33 nitrogen and oxygen atoms in total. The number of likely N-dealkylation sites (tertiary alicyclic amines) is 1. The number of piperidine rings is 1. The molecule has 8 saturated carbocycles. The first kappa shape index (κ1) is 108. The number of aryl methyl sites for hydroxylation is 2. The van der Waals surface area contributed by atoms with Crippen molar-refractivity contribution in [1.29, 1.82) is 0 Å². The largest absolute Gasteiger partial charge is 0.471 e. The van der Waals surface area contributed by atoms with Gasteiger partial charge in [0.05, 0.1) is 63.5 Å². The molecular weight excluding hydrogens is 1910 g/mol. The van der Waals surface area contributed by atoms with E-state index in [0.717, 1.165) is 170 Å². The fourth-order valence-electron chi connectivity index (χ4n) is 24.5. The minimum absolute atomic E-state index is 0.0304. The molecule has 2 aromatic heterocycles. The molecule has 8 amide bonds. The van der Waals surface area contributed by atoms with Crippen molar-refractivity contribution in [1.82, 2.24) is 54.7 Å². The quantitative estimate of drug-likeness (QED) is 0.0372. The summed E-state index contributed by atoms with van der Waals surface area (Å²) in [6, 6.07) is 12.5. The summed E-state index contributed by atoms with van der Waals surface area (Å²) in [6.07, 6.45) is 32.5. The SMILES string of the molecule is CC(C)(C)CC(=O)C[C@H](C(=O)N1C[C@H]2[C@@H]([C@H]1C(=O)C[C@H](CC1CCC1)C(=O)C(N)=O)C2(C)C)C(C)(C)C.CC1(S(=O)(=O)NC(=O)[C@@]23C[C@H]2/C=C\CCCCC[C@@H]2CC(=O)O[C@@H]4CCC[C@H]4CCCCCc4nc5ccccc5nc4O[C@@H]4C[C@@H](C(=O)N3)N(C4)C2=O)CC1.CC1(S(=O)(=O)NC(=O)[C@@]23C[C@H]2/C=C\CCCCC[C@@H]2CC(=O)O[C@@H]4C[C@H]4CCCCCc4nc5ccccc5nc4O[C@@H]4C[C@@H](C(=O)N3)N(C4)C2=O)CC1. The Morgan fingerprint density at radius 3 is 1.42 bits per heavy atom. The highest BCUT2D eigenvalue weighted by Gasteiger charge is 2.71. The van der Waals surface area contributed by atoms with Gasteiger partial charge in [-0.3, -0.25) is 71.8 Å².